The molecule has 0 radical (unpaired) electrons. The molecular formula is C16H20Cr. The molecule has 0 aliphatic heterocycles. The average Bonchev–Trinajstić information content (AvgIpc) is 2.41. The van der Waals surface area contributed by atoms with Gasteiger partial charge < -0.3 is 0 Å². The molecule has 0 aliphatic carbocycles. The van der Waals surface area contributed by atoms with Crippen LogP contribution in [0.4, 0.5) is 0 Å². The Balaban J connectivity index is 0.000000284. The van der Waals surface area contributed by atoms with Gasteiger partial charge >= 0.3 is 0 Å². The third-order valence-electron chi connectivity index (χ3n) is 2.50. The van der Waals surface area contributed by atoms with Crippen LogP contribution in [0.5, 0.6) is 0 Å². The third-order valence-corrected chi connectivity index (χ3v) is 2.50. The fourth-order valence-corrected chi connectivity index (χ4v) is 1.43. The minimum Gasteiger partial charge on any atom is -0.0622 e. The minimum absolute atomic E-state index is 0. The molecule has 0 N–H and O–H groups in total. The molecule has 0 saturated heterocycles. The van der Waals surface area contributed by atoms with Crippen molar-refractivity contribution in [2.24, 2.45) is 0 Å². The van der Waals surface area contributed by atoms with Crippen molar-refractivity contribution in [3.05, 3.63) is 71.8 Å². The van der Waals surface area contributed by atoms with Gasteiger partial charge in [0.1, 0.15) is 0 Å². The summed E-state index contributed by atoms with van der Waals surface area (Å²) < 4.78 is 0. The van der Waals surface area contributed by atoms with Crippen LogP contribution in [0.15, 0.2) is 60.7 Å². The van der Waals surface area contributed by atoms with Crippen LogP contribution in [0.2, 0.25) is 0 Å². The van der Waals surface area contributed by atoms with Gasteiger partial charge in [0.25, 0.3) is 0 Å². The minimum atomic E-state index is 0. The molecule has 2 aromatic rings. The Hall–Kier alpha value is -1.03. The second-order valence-corrected chi connectivity index (χ2v) is 3.68. The fraction of sp³-hybridized carbons (Fsp3) is 0.250. The maximum Gasteiger partial charge on any atom is 0 e. The molecule has 0 bridgehead atoms. The summed E-state index contributed by atoms with van der Waals surface area (Å²) >= 11 is 0. The molecule has 17 heavy (non-hydrogen) atoms. The summed E-state index contributed by atoms with van der Waals surface area (Å²) in [5, 5.41) is 0. The van der Waals surface area contributed by atoms with Gasteiger partial charge in [0.15, 0.2) is 0 Å². The van der Waals surface area contributed by atoms with E-state index in [2.05, 4.69) is 62.4 Å². The predicted octanol–water partition coefficient (Wildman–Crippen LogP) is 4.50. The van der Waals surface area contributed by atoms with Crippen LogP contribution in [-0.2, 0) is 30.2 Å². The van der Waals surface area contributed by atoms with Crippen LogP contribution in [-0.4, -0.2) is 0 Å². The topological polar surface area (TPSA) is 0 Å². The molecule has 0 aromatic heterocycles. The normalized spacial score (nSPS) is 8.59. The fourth-order valence-electron chi connectivity index (χ4n) is 1.43. The van der Waals surface area contributed by atoms with E-state index >= 15 is 0 Å². The first-order valence-electron chi connectivity index (χ1n) is 5.94. The van der Waals surface area contributed by atoms with E-state index in [9.17, 15) is 0 Å². The first-order chi connectivity index (χ1) is 7.86. The van der Waals surface area contributed by atoms with Gasteiger partial charge in [-0.15, -0.1) is 0 Å². The molecule has 0 saturated carbocycles. The molecule has 0 fully saturated rings. The van der Waals surface area contributed by atoms with E-state index in [0.29, 0.717) is 0 Å². The molecule has 0 unspecified atom stereocenters. The Labute approximate surface area is 116 Å². The quantitative estimate of drug-likeness (QED) is 0.749. The van der Waals surface area contributed by atoms with Gasteiger partial charge in [-0.1, -0.05) is 74.5 Å². The number of rotatable bonds is 2. The van der Waals surface area contributed by atoms with Gasteiger partial charge in [-0.2, -0.15) is 0 Å². The summed E-state index contributed by atoms with van der Waals surface area (Å²) in [6.45, 7) is 4.32. The van der Waals surface area contributed by atoms with Crippen molar-refractivity contribution in [1.82, 2.24) is 0 Å². The van der Waals surface area contributed by atoms with Crippen molar-refractivity contribution in [1.29, 1.82) is 0 Å². The Bertz CT molecular complexity index is 328. The smallest absolute Gasteiger partial charge is 0 e. The standard InChI is InChI=1S/2C8H10.Cr/c2*1-2-8-6-4-3-5-7-8;/h2*3-7H,2H2,1H3;. The Morgan fingerprint density at radius 2 is 0.882 bits per heavy atom. The summed E-state index contributed by atoms with van der Waals surface area (Å²) in [5.74, 6) is 0. The summed E-state index contributed by atoms with van der Waals surface area (Å²) in [6, 6.07) is 20.9. The molecule has 90 valence electrons. The zero-order chi connectivity index (χ0) is 11.6. The van der Waals surface area contributed by atoms with Crippen LogP contribution in [0, 0.1) is 0 Å². The second kappa shape index (κ2) is 10.1. The van der Waals surface area contributed by atoms with Crippen molar-refractivity contribution in [2.45, 2.75) is 26.7 Å². The average molecular weight is 264 g/mol. The third kappa shape index (κ3) is 7.00. The molecule has 1 heteroatoms. The zero-order valence-electron chi connectivity index (χ0n) is 10.6. The Kier molecular flexibility index (Phi) is 9.53. The predicted molar refractivity (Wildman–Crippen MR) is 71.6 cm³/mol. The maximum absolute atomic E-state index is 2.16. The first-order valence-corrected chi connectivity index (χ1v) is 5.94. The van der Waals surface area contributed by atoms with Crippen LogP contribution in [0.3, 0.4) is 0 Å². The van der Waals surface area contributed by atoms with Gasteiger partial charge in [-0.05, 0) is 24.0 Å². The maximum atomic E-state index is 2.16. The van der Waals surface area contributed by atoms with Gasteiger partial charge in [0.2, 0.25) is 0 Å². The van der Waals surface area contributed by atoms with Crippen molar-refractivity contribution < 1.29 is 17.4 Å². The van der Waals surface area contributed by atoms with Crippen molar-refractivity contribution in [3.8, 4) is 0 Å². The molecule has 0 nitrogen and oxygen atoms in total. The summed E-state index contributed by atoms with van der Waals surface area (Å²) in [5.41, 5.74) is 2.82. The number of aryl methyl sites for hydroxylation is 2. The number of hydrogen-bond acceptors (Lipinski definition) is 0. The van der Waals surface area contributed by atoms with Crippen molar-refractivity contribution in [2.75, 3.05) is 0 Å². The zero-order valence-corrected chi connectivity index (χ0v) is 11.9. The van der Waals surface area contributed by atoms with Gasteiger partial charge in [0, 0.05) is 17.4 Å². The summed E-state index contributed by atoms with van der Waals surface area (Å²) in [7, 11) is 0. The summed E-state index contributed by atoms with van der Waals surface area (Å²) in [6.07, 6.45) is 2.28. The van der Waals surface area contributed by atoms with E-state index < -0.39 is 0 Å². The molecule has 2 aromatic carbocycles. The number of benzene rings is 2. The van der Waals surface area contributed by atoms with E-state index in [-0.39, 0.29) is 17.4 Å². The Morgan fingerprint density at radius 1 is 0.588 bits per heavy atom. The first kappa shape index (κ1) is 16.0. The Morgan fingerprint density at radius 3 is 1.06 bits per heavy atom. The summed E-state index contributed by atoms with van der Waals surface area (Å²) in [4.78, 5) is 0. The van der Waals surface area contributed by atoms with Crippen LogP contribution in [0.25, 0.3) is 0 Å². The molecule has 0 amide bonds. The van der Waals surface area contributed by atoms with Gasteiger partial charge in [-0.25, -0.2) is 0 Å². The van der Waals surface area contributed by atoms with Crippen LogP contribution >= 0.6 is 0 Å². The van der Waals surface area contributed by atoms with Gasteiger partial charge in [0.05, 0.1) is 0 Å². The van der Waals surface area contributed by atoms with E-state index in [4.69, 9.17) is 0 Å². The van der Waals surface area contributed by atoms with Crippen LogP contribution in [0.1, 0.15) is 25.0 Å². The van der Waals surface area contributed by atoms with Crippen molar-refractivity contribution >= 4 is 0 Å². The molecule has 0 atom stereocenters. The molecular weight excluding hydrogens is 244 g/mol. The van der Waals surface area contributed by atoms with E-state index in [1.54, 1.807) is 0 Å². The van der Waals surface area contributed by atoms with E-state index in [1.165, 1.54) is 11.1 Å². The molecule has 0 heterocycles. The molecule has 2 rings (SSSR count). The molecule has 0 aliphatic rings. The van der Waals surface area contributed by atoms with Gasteiger partial charge in [-0.3, -0.25) is 0 Å². The largest absolute Gasteiger partial charge is 0.0622 e. The number of hydrogen-bond donors (Lipinski definition) is 0. The van der Waals surface area contributed by atoms with E-state index in [1.807, 2.05) is 12.1 Å². The SMILES string of the molecule is CCc1ccccc1.CCc1ccccc1.[Cr]. The monoisotopic (exact) mass is 264 g/mol. The molecule has 0 spiro atoms. The van der Waals surface area contributed by atoms with Crippen molar-refractivity contribution in [3.63, 3.8) is 0 Å². The second-order valence-electron chi connectivity index (χ2n) is 3.68. The van der Waals surface area contributed by atoms with E-state index in [0.717, 1.165) is 12.8 Å². The van der Waals surface area contributed by atoms with Crippen LogP contribution < -0.4 is 0 Å².